The van der Waals surface area contributed by atoms with Crippen LogP contribution in [0.5, 0.6) is 11.5 Å². The molecule has 4 aromatic carbocycles. The van der Waals surface area contributed by atoms with Crippen LogP contribution in [0.3, 0.4) is 0 Å². The second-order valence-electron chi connectivity index (χ2n) is 11.2. The number of amides is 1. The van der Waals surface area contributed by atoms with E-state index < -0.39 is 5.97 Å². The predicted molar refractivity (Wildman–Crippen MR) is 190 cm³/mol. The molecule has 10 heteroatoms. The molecule has 46 heavy (non-hydrogen) atoms. The Morgan fingerprint density at radius 2 is 1.63 bits per heavy atom. The van der Waals surface area contributed by atoms with Gasteiger partial charge in [0.2, 0.25) is 5.91 Å². The van der Waals surface area contributed by atoms with Crippen LogP contribution in [0.15, 0.2) is 77.3 Å². The number of carboxylic acids is 1. The Balaban J connectivity index is 0.00000480. The van der Waals surface area contributed by atoms with Crippen molar-refractivity contribution in [1.29, 1.82) is 0 Å². The lowest BCUT2D eigenvalue weighted by molar-refractivity contribution is -0.117. The van der Waals surface area contributed by atoms with Crippen LogP contribution in [0, 0.1) is 13.8 Å². The molecule has 2 N–H and O–H groups in total. The third kappa shape index (κ3) is 7.59. The number of para-hydroxylation sites is 1. The number of carboxylic acid groups (broad SMARTS) is 1. The van der Waals surface area contributed by atoms with E-state index in [0.717, 1.165) is 71.0 Å². The summed E-state index contributed by atoms with van der Waals surface area (Å²) in [5.74, 6) is -0.311. The number of aromatic carboxylic acids is 1. The van der Waals surface area contributed by atoms with Crippen molar-refractivity contribution < 1.29 is 24.2 Å². The van der Waals surface area contributed by atoms with Gasteiger partial charge in [-0.3, -0.25) is 10.2 Å². The molecule has 1 heterocycles. The fourth-order valence-corrected chi connectivity index (χ4v) is 6.32. The molecule has 5 rings (SSSR count). The van der Waals surface area contributed by atoms with Gasteiger partial charge in [0.1, 0.15) is 17.1 Å². The summed E-state index contributed by atoms with van der Waals surface area (Å²) in [6, 6.07) is 23.2. The molecule has 8 nitrogen and oxygen atoms in total. The van der Waals surface area contributed by atoms with E-state index in [-0.39, 0.29) is 36.0 Å². The van der Waals surface area contributed by atoms with Gasteiger partial charge in [0, 0.05) is 17.6 Å². The van der Waals surface area contributed by atoms with E-state index in [1.807, 2.05) is 55.5 Å². The number of carbonyl (C=O) groups excluding carboxylic acids is 1. The topological polar surface area (TPSA) is 91.3 Å². The number of nitrogens with one attached hydrogen (secondary N) is 1. The fourth-order valence-electron chi connectivity index (χ4n) is 5.83. The van der Waals surface area contributed by atoms with Crippen molar-refractivity contribution in [3.63, 3.8) is 0 Å². The van der Waals surface area contributed by atoms with E-state index in [9.17, 15) is 14.7 Å². The molecule has 0 aliphatic carbocycles. The molecule has 0 aromatic heterocycles. The Kier molecular flexibility index (Phi) is 11.6. The zero-order valence-electron chi connectivity index (χ0n) is 26.4. The van der Waals surface area contributed by atoms with E-state index in [1.165, 1.54) is 19.6 Å². The number of rotatable bonds is 10. The zero-order valence-corrected chi connectivity index (χ0v) is 28.8. The second-order valence-corrected chi connectivity index (χ2v) is 12.1. The maximum absolute atomic E-state index is 14.4. The predicted octanol–water partition coefficient (Wildman–Crippen LogP) is 8.46. The van der Waals surface area contributed by atoms with Crippen LogP contribution in [-0.4, -0.2) is 44.3 Å². The van der Waals surface area contributed by atoms with Gasteiger partial charge in [0.15, 0.2) is 0 Å². The Morgan fingerprint density at radius 1 is 0.913 bits per heavy atom. The van der Waals surface area contributed by atoms with Crippen molar-refractivity contribution in [1.82, 2.24) is 0 Å². The summed E-state index contributed by atoms with van der Waals surface area (Å²) in [5, 5.41) is 11.3. The lowest BCUT2D eigenvalue weighted by Crippen LogP contribution is -2.40. The van der Waals surface area contributed by atoms with Crippen LogP contribution in [0.4, 0.5) is 17.1 Å². The van der Waals surface area contributed by atoms with Crippen molar-refractivity contribution in [2.75, 3.05) is 42.6 Å². The number of hydrogen-bond acceptors (Lipinski definition) is 6. The lowest BCUT2D eigenvalue weighted by atomic mass is 10.00. The normalized spacial score (nSPS) is 12.6. The molecule has 242 valence electrons. The van der Waals surface area contributed by atoms with Crippen molar-refractivity contribution in [2.24, 2.45) is 0 Å². The average molecular weight is 709 g/mol. The number of aryl methyl sites for hydroxylation is 2. The van der Waals surface area contributed by atoms with Gasteiger partial charge < -0.3 is 19.5 Å². The van der Waals surface area contributed by atoms with Gasteiger partial charge in [-0.2, -0.15) is 0 Å². The van der Waals surface area contributed by atoms with Gasteiger partial charge >= 0.3 is 5.97 Å². The maximum atomic E-state index is 14.4. The number of ether oxygens (including phenoxy) is 2. The SMILES string of the molecule is COc1ccc(-c2ccc(NN(C(=O)Cc3cc(OC)c(C(=O)O)cc3Br)c3c(C)cccc3N3CCCCC3)cc2C)cc1.Cl. The molecule has 0 atom stereocenters. The first-order chi connectivity index (χ1) is 21.7. The van der Waals surface area contributed by atoms with E-state index in [4.69, 9.17) is 9.47 Å². The lowest BCUT2D eigenvalue weighted by Gasteiger charge is -2.35. The van der Waals surface area contributed by atoms with E-state index >= 15 is 0 Å². The zero-order chi connectivity index (χ0) is 32.1. The number of nitrogens with zero attached hydrogens (tertiary/aromatic N) is 2. The van der Waals surface area contributed by atoms with Crippen molar-refractivity contribution in [3.05, 3.63) is 99.5 Å². The van der Waals surface area contributed by atoms with Gasteiger partial charge in [0.05, 0.1) is 37.7 Å². The first-order valence-electron chi connectivity index (χ1n) is 15.0. The quantitative estimate of drug-likeness (QED) is 0.160. The summed E-state index contributed by atoms with van der Waals surface area (Å²) in [7, 11) is 3.07. The summed E-state index contributed by atoms with van der Waals surface area (Å²) >= 11 is 3.49. The van der Waals surface area contributed by atoms with Gasteiger partial charge in [-0.25, -0.2) is 9.80 Å². The number of hydrogen-bond donors (Lipinski definition) is 2. The minimum atomic E-state index is -1.10. The second kappa shape index (κ2) is 15.4. The van der Waals surface area contributed by atoms with Crippen LogP contribution in [0.25, 0.3) is 11.1 Å². The Labute approximate surface area is 284 Å². The molecule has 0 spiro atoms. The molecule has 4 aromatic rings. The smallest absolute Gasteiger partial charge is 0.339 e. The molecule has 1 fully saturated rings. The van der Waals surface area contributed by atoms with Crippen LogP contribution in [0.2, 0.25) is 0 Å². The van der Waals surface area contributed by atoms with E-state index in [2.05, 4.69) is 45.3 Å². The molecular formula is C36H39BrClN3O5. The summed E-state index contributed by atoms with van der Waals surface area (Å²) in [5.41, 5.74) is 10.8. The first-order valence-corrected chi connectivity index (χ1v) is 15.8. The monoisotopic (exact) mass is 707 g/mol. The average Bonchev–Trinajstić information content (AvgIpc) is 3.05. The molecule has 1 amide bonds. The van der Waals surface area contributed by atoms with Crippen LogP contribution in [0.1, 0.15) is 46.3 Å². The van der Waals surface area contributed by atoms with Crippen molar-refractivity contribution >= 4 is 57.3 Å². The fraction of sp³-hybridized carbons (Fsp3) is 0.278. The number of anilines is 3. The third-order valence-corrected chi connectivity index (χ3v) is 8.93. The van der Waals surface area contributed by atoms with Gasteiger partial charge in [0.25, 0.3) is 0 Å². The summed E-state index contributed by atoms with van der Waals surface area (Å²) in [4.78, 5) is 28.5. The van der Waals surface area contributed by atoms with E-state index in [1.54, 1.807) is 18.2 Å². The molecule has 1 saturated heterocycles. The molecule has 0 bridgehead atoms. The van der Waals surface area contributed by atoms with E-state index in [0.29, 0.717) is 10.0 Å². The highest BCUT2D eigenvalue weighted by Crippen LogP contribution is 2.37. The first kappa shape index (κ1) is 34.7. The standard InChI is InChI=1S/C36H38BrN3O5.ClH/c1-23-9-8-10-32(39-17-6-5-7-18-39)35(23)40(34(41)21-26-20-33(45-4)30(36(42)43)22-31(26)37)38-27-13-16-29(24(2)19-27)25-11-14-28(44-3)15-12-25;/h8-16,19-20,22,38H,5-7,17-18,21H2,1-4H3,(H,42,43);1H. The number of benzene rings is 4. The minimum absolute atomic E-state index is 0. The van der Waals surface area contributed by atoms with Crippen LogP contribution in [-0.2, 0) is 11.2 Å². The maximum Gasteiger partial charge on any atom is 0.339 e. The Hall–Kier alpha value is -4.21. The molecule has 0 unspecified atom stereocenters. The molecule has 0 saturated carbocycles. The highest BCUT2D eigenvalue weighted by molar-refractivity contribution is 9.10. The van der Waals surface area contributed by atoms with Crippen molar-refractivity contribution in [2.45, 2.75) is 39.5 Å². The van der Waals surface area contributed by atoms with Crippen molar-refractivity contribution in [3.8, 4) is 22.6 Å². The number of halogens is 2. The van der Waals surface area contributed by atoms with Crippen LogP contribution < -0.4 is 24.8 Å². The number of hydrazine groups is 1. The molecule has 1 aliphatic rings. The molecular weight excluding hydrogens is 670 g/mol. The van der Waals surface area contributed by atoms with Gasteiger partial charge in [-0.15, -0.1) is 12.4 Å². The Bertz CT molecular complexity index is 1710. The van der Waals surface area contributed by atoms with Crippen LogP contribution >= 0.6 is 28.3 Å². The summed E-state index contributed by atoms with van der Waals surface area (Å²) in [6.07, 6.45) is 3.40. The largest absolute Gasteiger partial charge is 0.497 e. The minimum Gasteiger partial charge on any atom is -0.497 e. The summed E-state index contributed by atoms with van der Waals surface area (Å²) in [6.45, 7) is 5.92. The number of piperidine rings is 1. The highest BCUT2D eigenvalue weighted by Gasteiger charge is 2.26. The summed E-state index contributed by atoms with van der Waals surface area (Å²) < 4.78 is 11.2. The third-order valence-electron chi connectivity index (χ3n) is 8.20. The molecule has 1 aliphatic heterocycles. The Morgan fingerprint density at radius 3 is 2.26 bits per heavy atom. The molecule has 0 radical (unpaired) electrons. The number of carbonyl (C=O) groups is 2. The highest BCUT2D eigenvalue weighted by atomic mass is 79.9. The number of methoxy groups -OCH3 is 2. The van der Waals surface area contributed by atoms with Gasteiger partial charge in [-0.1, -0.05) is 46.3 Å². The van der Waals surface area contributed by atoms with Gasteiger partial charge in [-0.05, 0) is 103 Å².